The summed E-state index contributed by atoms with van der Waals surface area (Å²) in [6.45, 7) is 3.74. The van der Waals surface area contributed by atoms with Crippen LogP contribution in [0.2, 0.25) is 0 Å². The third-order valence-corrected chi connectivity index (χ3v) is 5.80. The standard InChI is InChI=1S/C19H22N4O3/c1-12-20-21-18-7-5-14(10-23(12)18)19(24)22-8-2-3-15(22)13-4-6-16-17(9-13)26-11-25-16/h4,6,9,14-15H,2-3,5,7-8,10-11H2,1H3/t14-,15-/m0/s1. The molecule has 0 spiro atoms. The highest BCUT2D eigenvalue weighted by molar-refractivity contribution is 5.80. The molecule has 0 unspecified atom stereocenters. The summed E-state index contributed by atoms with van der Waals surface area (Å²) in [6.07, 6.45) is 3.70. The van der Waals surface area contributed by atoms with E-state index in [4.69, 9.17) is 9.47 Å². The number of aromatic nitrogens is 3. The van der Waals surface area contributed by atoms with E-state index in [9.17, 15) is 4.79 Å². The predicted molar refractivity (Wildman–Crippen MR) is 92.8 cm³/mol. The minimum absolute atomic E-state index is 0.00631. The maximum atomic E-state index is 13.3. The Morgan fingerprint density at radius 3 is 3.00 bits per heavy atom. The van der Waals surface area contributed by atoms with Gasteiger partial charge in [-0.3, -0.25) is 4.79 Å². The van der Waals surface area contributed by atoms with Gasteiger partial charge in [0.1, 0.15) is 11.6 Å². The van der Waals surface area contributed by atoms with E-state index in [-0.39, 0.29) is 24.7 Å². The molecule has 1 amide bonds. The molecule has 26 heavy (non-hydrogen) atoms. The van der Waals surface area contributed by atoms with E-state index >= 15 is 0 Å². The van der Waals surface area contributed by atoms with Gasteiger partial charge in [0.25, 0.3) is 0 Å². The number of aryl methyl sites for hydroxylation is 2. The normalized spacial score (nSPS) is 24.0. The Bertz CT molecular complexity index is 862. The quantitative estimate of drug-likeness (QED) is 0.827. The number of fused-ring (bicyclic) bond motifs is 2. The highest BCUT2D eigenvalue weighted by Gasteiger charge is 2.36. The van der Waals surface area contributed by atoms with E-state index in [1.54, 1.807) is 0 Å². The van der Waals surface area contributed by atoms with Crippen molar-refractivity contribution in [1.29, 1.82) is 0 Å². The Labute approximate surface area is 151 Å². The van der Waals surface area contributed by atoms with E-state index in [0.29, 0.717) is 6.54 Å². The molecule has 0 N–H and O–H groups in total. The van der Waals surface area contributed by atoms with Crippen LogP contribution in [-0.2, 0) is 17.8 Å². The van der Waals surface area contributed by atoms with Crippen LogP contribution in [0, 0.1) is 12.8 Å². The van der Waals surface area contributed by atoms with Gasteiger partial charge in [0.2, 0.25) is 12.7 Å². The lowest BCUT2D eigenvalue weighted by Crippen LogP contribution is -2.39. The fourth-order valence-corrected chi connectivity index (χ4v) is 4.40. The Morgan fingerprint density at radius 1 is 1.19 bits per heavy atom. The highest BCUT2D eigenvalue weighted by atomic mass is 16.7. The number of amides is 1. The Kier molecular flexibility index (Phi) is 3.62. The van der Waals surface area contributed by atoms with Crippen LogP contribution in [0.15, 0.2) is 18.2 Å². The molecule has 136 valence electrons. The Hall–Kier alpha value is -2.57. The van der Waals surface area contributed by atoms with Crippen molar-refractivity contribution in [1.82, 2.24) is 19.7 Å². The summed E-state index contributed by atoms with van der Waals surface area (Å²) in [7, 11) is 0. The molecule has 0 saturated carbocycles. The van der Waals surface area contributed by atoms with Gasteiger partial charge >= 0.3 is 0 Å². The van der Waals surface area contributed by atoms with Crippen LogP contribution in [-0.4, -0.2) is 38.9 Å². The average Bonchev–Trinajstić information content (AvgIpc) is 3.40. The predicted octanol–water partition coefficient (Wildman–Crippen LogP) is 2.24. The molecule has 2 aromatic rings. The van der Waals surface area contributed by atoms with Gasteiger partial charge in [-0.1, -0.05) is 6.07 Å². The van der Waals surface area contributed by atoms with Gasteiger partial charge < -0.3 is 18.9 Å². The minimum Gasteiger partial charge on any atom is -0.454 e. The Balaban J connectivity index is 1.37. The van der Waals surface area contributed by atoms with Gasteiger partial charge in [0.15, 0.2) is 11.5 Å². The molecular formula is C19H22N4O3. The SMILES string of the molecule is Cc1nnc2n1C[C@@H](C(=O)N1CCC[C@H]1c1ccc3c(c1)OCO3)CC2. The second kappa shape index (κ2) is 6.00. The summed E-state index contributed by atoms with van der Waals surface area (Å²) in [5.41, 5.74) is 1.14. The van der Waals surface area contributed by atoms with E-state index < -0.39 is 0 Å². The zero-order valence-corrected chi connectivity index (χ0v) is 14.9. The largest absolute Gasteiger partial charge is 0.454 e. The summed E-state index contributed by atoms with van der Waals surface area (Å²) < 4.78 is 13.0. The third-order valence-electron chi connectivity index (χ3n) is 5.80. The summed E-state index contributed by atoms with van der Waals surface area (Å²) >= 11 is 0. The first-order valence-corrected chi connectivity index (χ1v) is 9.29. The molecule has 7 heteroatoms. The second-order valence-corrected chi connectivity index (χ2v) is 7.31. The number of hydrogen-bond acceptors (Lipinski definition) is 5. The van der Waals surface area contributed by atoms with Crippen LogP contribution < -0.4 is 9.47 Å². The molecule has 1 aromatic carbocycles. The van der Waals surface area contributed by atoms with Crippen molar-refractivity contribution in [3.8, 4) is 11.5 Å². The van der Waals surface area contributed by atoms with E-state index in [2.05, 4.69) is 25.7 Å². The van der Waals surface area contributed by atoms with Crippen molar-refractivity contribution in [2.24, 2.45) is 5.92 Å². The van der Waals surface area contributed by atoms with Crippen LogP contribution >= 0.6 is 0 Å². The van der Waals surface area contributed by atoms with Crippen molar-refractivity contribution >= 4 is 5.91 Å². The van der Waals surface area contributed by atoms with Crippen molar-refractivity contribution in [3.05, 3.63) is 35.4 Å². The van der Waals surface area contributed by atoms with Crippen molar-refractivity contribution in [3.63, 3.8) is 0 Å². The summed E-state index contributed by atoms with van der Waals surface area (Å²) in [4.78, 5) is 15.3. The monoisotopic (exact) mass is 354 g/mol. The van der Waals surface area contributed by atoms with Crippen molar-refractivity contribution in [2.75, 3.05) is 13.3 Å². The molecule has 3 aliphatic heterocycles. The first-order chi connectivity index (χ1) is 12.7. The number of likely N-dealkylation sites (tertiary alicyclic amines) is 1. The number of carbonyl (C=O) groups excluding carboxylic acids is 1. The topological polar surface area (TPSA) is 69.5 Å². The van der Waals surface area contributed by atoms with Gasteiger partial charge in [-0.25, -0.2) is 0 Å². The summed E-state index contributed by atoms with van der Waals surface area (Å²) in [6, 6.07) is 6.17. The second-order valence-electron chi connectivity index (χ2n) is 7.31. The van der Waals surface area contributed by atoms with Crippen LogP contribution in [0.25, 0.3) is 0 Å². The molecule has 4 heterocycles. The molecule has 0 aliphatic carbocycles. The molecule has 7 nitrogen and oxygen atoms in total. The highest BCUT2D eigenvalue weighted by Crippen LogP contribution is 2.40. The van der Waals surface area contributed by atoms with Gasteiger partial charge in [0.05, 0.1) is 12.0 Å². The molecule has 0 bridgehead atoms. The average molecular weight is 354 g/mol. The maximum absolute atomic E-state index is 13.3. The number of benzene rings is 1. The van der Waals surface area contributed by atoms with Crippen molar-refractivity contribution < 1.29 is 14.3 Å². The number of carbonyl (C=O) groups is 1. The molecule has 1 saturated heterocycles. The lowest BCUT2D eigenvalue weighted by atomic mass is 9.96. The smallest absolute Gasteiger partial charge is 0.231 e. The van der Waals surface area contributed by atoms with Gasteiger partial charge in [-0.2, -0.15) is 0 Å². The summed E-state index contributed by atoms with van der Waals surface area (Å²) in [5.74, 6) is 3.72. The van der Waals surface area contributed by atoms with Crippen LogP contribution in [0.1, 0.15) is 42.5 Å². The Morgan fingerprint density at radius 2 is 2.08 bits per heavy atom. The number of hydrogen-bond donors (Lipinski definition) is 0. The molecular weight excluding hydrogens is 332 g/mol. The molecule has 5 rings (SSSR count). The van der Waals surface area contributed by atoms with Crippen LogP contribution in [0.3, 0.4) is 0 Å². The maximum Gasteiger partial charge on any atom is 0.231 e. The molecule has 0 radical (unpaired) electrons. The lowest BCUT2D eigenvalue weighted by molar-refractivity contribution is -0.137. The fourth-order valence-electron chi connectivity index (χ4n) is 4.40. The van der Waals surface area contributed by atoms with Gasteiger partial charge in [-0.05, 0) is 43.9 Å². The molecule has 1 aromatic heterocycles. The van der Waals surface area contributed by atoms with Crippen LogP contribution in [0.5, 0.6) is 11.5 Å². The van der Waals surface area contributed by atoms with E-state index in [1.807, 2.05) is 19.1 Å². The van der Waals surface area contributed by atoms with E-state index in [1.165, 1.54) is 0 Å². The minimum atomic E-state index is 0.00631. The zero-order chi connectivity index (χ0) is 17.7. The first-order valence-electron chi connectivity index (χ1n) is 9.29. The van der Waals surface area contributed by atoms with Gasteiger partial charge in [-0.15, -0.1) is 10.2 Å². The fraction of sp³-hybridized carbons (Fsp3) is 0.526. The molecule has 3 aliphatic rings. The van der Waals surface area contributed by atoms with Gasteiger partial charge in [0, 0.05) is 19.5 Å². The zero-order valence-electron chi connectivity index (χ0n) is 14.9. The van der Waals surface area contributed by atoms with Crippen LogP contribution in [0.4, 0.5) is 0 Å². The molecule has 1 fully saturated rings. The first kappa shape index (κ1) is 15.7. The van der Waals surface area contributed by atoms with E-state index in [0.717, 1.165) is 60.9 Å². The number of ether oxygens (including phenoxy) is 2. The summed E-state index contributed by atoms with van der Waals surface area (Å²) in [5, 5.41) is 8.35. The number of rotatable bonds is 2. The lowest BCUT2D eigenvalue weighted by Gasteiger charge is -2.31. The third kappa shape index (κ3) is 2.45. The number of nitrogens with zero attached hydrogens (tertiary/aromatic N) is 4. The van der Waals surface area contributed by atoms with Crippen molar-refractivity contribution in [2.45, 2.75) is 45.2 Å². The molecule has 2 atom stereocenters.